The fourth-order valence-corrected chi connectivity index (χ4v) is 1.16. The first-order chi connectivity index (χ1) is 4.63. The first-order valence-electron chi connectivity index (χ1n) is 3.61. The quantitative estimate of drug-likeness (QED) is 0.499. The van der Waals surface area contributed by atoms with E-state index in [0.29, 0.717) is 6.04 Å². The molecule has 0 aromatic rings. The molecule has 0 saturated carbocycles. The van der Waals surface area contributed by atoms with Gasteiger partial charge in [0.1, 0.15) is 0 Å². The minimum absolute atomic E-state index is 0.134. The number of likely N-dealkylation sites (tertiary alicyclic amines) is 1. The highest BCUT2D eigenvalue weighted by atomic mass is 16.2. The van der Waals surface area contributed by atoms with Crippen molar-refractivity contribution in [1.29, 1.82) is 0 Å². The van der Waals surface area contributed by atoms with Crippen LogP contribution in [0.25, 0.3) is 0 Å². The fraction of sp³-hybridized carbons (Fsp3) is 0.625. The van der Waals surface area contributed by atoms with Gasteiger partial charge < -0.3 is 4.90 Å². The Hall–Kier alpha value is -0.790. The van der Waals surface area contributed by atoms with Crippen molar-refractivity contribution in [2.75, 3.05) is 6.54 Å². The molecule has 1 heterocycles. The molecule has 1 saturated heterocycles. The van der Waals surface area contributed by atoms with Gasteiger partial charge in [0.05, 0.1) is 0 Å². The van der Waals surface area contributed by atoms with Crippen LogP contribution in [0.2, 0.25) is 0 Å². The van der Waals surface area contributed by atoms with E-state index in [-0.39, 0.29) is 5.91 Å². The molecule has 0 aliphatic carbocycles. The SMILES string of the molecule is C=C1CCN(C(C)C)C1=O. The van der Waals surface area contributed by atoms with Gasteiger partial charge in [0.25, 0.3) is 0 Å². The van der Waals surface area contributed by atoms with Gasteiger partial charge in [-0.15, -0.1) is 0 Å². The van der Waals surface area contributed by atoms with Gasteiger partial charge >= 0.3 is 0 Å². The summed E-state index contributed by atoms with van der Waals surface area (Å²) in [6, 6.07) is 0.326. The Morgan fingerprint density at radius 1 is 1.60 bits per heavy atom. The molecule has 1 aliphatic heterocycles. The summed E-state index contributed by atoms with van der Waals surface area (Å²) >= 11 is 0. The van der Waals surface area contributed by atoms with Crippen LogP contribution in [0.5, 0.6) is 0 Å². The van der Waals surface area contributed by atoms with Crippen molar-refractivity contribution >= 4 is 5.91 Å². The van der Waals surface area contributed by atoms with Crippen molar-refractivity contribution in [3.8, 4) is 0 Å². The van der Waals surface area contributed by atoms with Gasteiger partial charge in [-0.2, -0.15) is 0 Å². The van der Waals surface area contributed by atoms with Crippen molar-refractivity contribution in [3.05, 3.63) is 12.2 Å². The molecule has 0 radical (unpaired) electrons. The topological polar surface area (TPSA) is 20.3 Å². The smallest absolute Gasteiger partial charge is 0.249 e. The maximum absolute atomic E-state index is 11.2. The standard InChI is InChI=1S/C8H13NO/c1-6(2)9-5-4-7(3)8(9)10/h6H,3-5H2,1-2H3. The number of carbonyl (C=O) groups is 1. The predicted molar refractivity (Wildman–Crippen MR) is 40.6 cm³/mol. The molecule has 0 aromatic carbocycles. The zero-order valence-electron chi connectivity index (χ0n) is 6.55. The van der Waals surface area contributed by atoms with Crippen molar-refractivity contribution in [2.24, 2.45) is 0 Å². The van der Waals surface area contributed by atoms with Gasteiger partial charge in [0, 0.05) is 18.2 Å². The van der Waals surface area contributed by atoms with Gasteiger partial charge in [-0.3, -0.25) is 4.79 Å². The predicted octanol–water partition coefficient (Wildman–Crippen LogP) is 1.18. The molecule has 0 atom stereocenters. The van der Waals surface area contributed by atoms with Crippen LogP contribution in [-0.4, -0.2) is 23.4 Å². The number of rotatable bonds is 1. The van der Waals surface area contributed by atoms with E-state index in [1.54, 1.807) is 0 Å². The zero-order chi connectivity index (χ0) is 7.72. The lowest BCUT2D eigenvalue weighted by molar-refractivity contribution is -0.126. The average Bonchev–Trinajstić information content (AvgIpc) is 2.14. The first-order valence-corrected chi connectivity index (χ1v) is 3.61. The molecule has 2 heteroatoms. The zero-order valence-corrected chi connectivity index (χ0v) is 6.55. The van der Waals surface area contributed by atoms with E-state index >= 15 is 0 Å². The second kappa shape index (κ2) is 2.45. The van der Waals surface area contributed by atoms with E-state index in [0.717, 1.165) is 18.5 Å². The highest BCUT2D eigenvalue weighted by Crippen LogP contribution is 2.16. The summed E-state index contributed by atoms with van der Waals surface area (Å²) in [4.78, 5) is 13.0. The summed E-state index contributed by atoms with van der Waals surface area (Å²) < 4.78 is 0. The monoisotopic (exact) mass is 139 g/mol. The molecule has 1 fully saturated rings. The maximum atomic E-state index is 11.2. The molecular formula is C8H13NO. The fourth-order valence-electron chi connectivity index (χ4n) is 1.16. The highest BCUT2D eigenvalue weighted by molar-refractivity contribution is 5.95. The molecule has 1 aliphatic rings. The summed E-state index contributed by atoms with van der Waals surface area (Å²) in [6.07, 6.45) is 0.844. The minimum atomic E-state index is 0.134. The van der Waals surface area contributed by atoms with E-state index in [1.807, 2.05) is 18.7 Å². The van der Waals surface area contributed by atoms with E-state index in [9.17, 15) is 4.79 Å². The molecular weight excluding hydrogens is 126 g/mol. The lowest BCUT2D eigenvalue weighted by atomic mass is 10.3. The molecule has 0 bridgehead atoms. The Morgan fingerprint density at radius 2 is 2.20 bits per heavy atom. The molecule has 0 N–H and O–H groups in total. The second-order valence-electron chi connectivity index (χ2n) is 2.95. The van der Waals surface area contributed by atoms with Crippen LogP contribution in [0.15, 0.2) is 12.2 Å². The van der Waals surface area contributed by atoms with E-state index in [2.05, 4.69) is 6.58 Å². The van der Waals surface area contributed by atoms with Gasteiger partial charge in [0.2, 0.25) is 5.91 Å². The third-order valence-corrected chi connectivity index (χ3v) is 1.84. The Kier molecular flexibility index (Phi) is 1.79. The molecule has 0 spiro atoms. The summed E-state index contributed by atoms with van der Waals surface area (Å²) in [5, 5.41) is 0. The van der Waals surface area contributed by atoms with E-state index in [1.165, 1.54) is 0 Å². The Balaban J connectivity index is 2.66. The Labute approximate surface area is 61.5 Å². The lowest BCUT2D eigenvalue weighted by Gasteiger charge is -2.19. The third kappa shape index (κ3) is 1.06. The van der Waals surface area contributed by atoms with Gasteiger partial charge in [-0.05, 0) is 20.3 Å². The summed E-state index contributed by atoms with van der Waals surface area (Å²) in [7, 11) is 0. The summed E-state index contributed by atoms with van der Waals surface area (Å²) in [6.45, 7) is 8.58. The first kappa shape index (κ1) is 7.32. The van der Waals surface area contributed by atoms with Crippen molar-refractivity contribution in [2.45, 2.75) is 26.3 Å². The van der Waals surface area contributed by atoms with Gasteiger partial charge in [-0.25, -0.2) is 0 Å². The van der Waals surface area contributed by atoms with E-state index < -0.39 is 0 Å². The van der Waals surface area contributed by atoms with Gasteiger partial charge in [0.15, 0.2) is 0 Å². The highest BCUT2D eigenvalue weighted by Gasteiger charge is 2.25. The number of carbonyl (C=O) groups excluding carboxylic acids is 1. The largest absolute Gasteiger partial charge is 0.336 e. The van der Waals surface area contributed by atoms with Gasteiger partial charge in [-0.1, -0.05) is 6.58 Å². The third-order valence-electron chi connectivity index (χ3n) is 1.84. The Morgan fingerprint density at radius 3 is 2.40 bits per heavy atom. The number of hydrogen-bond donors (Lipinski definition) is 0. The van der Waals surface area contributed by atoms with Crippen molar-refractivity contribution in [1.82, 2.24) is 4.90 Å². The van der Waals surface area contributed by atoms with Crippen LogP contribution in [0.3, 0.4) is 0 Å². The number of amides is 1. The molecule has 10 heavy (non-hydrogen) atoms. The second-order valence-corrected chi connectivity index (χ2v) is 2.95. The van der Waals surface area contributed by atoms with Crippen molar-refractivity contribution in [3.63, 3.8) is 0 Å². The van der Waals surface area contributed by atoms with Crippen LogP contribution in [-0.2, 0) is 4.79 Å². The van der Waals surface area contributed by atoms with Crippen LogP contribution < -0.4 is 0 Å². The van der Waals surface area contributed by atoms with E-state index in [4.69, 9.17) is 0 Å². The van der Waals surface area contributed by atoms with Crippen LogP contribution in [0.4, 0.5) is 0 Å². The molecule has 1 amide bonds. The Bertz CT molecular complexity index is 172. The van der Waals surface area contributed by atoms with Crippen LogP contribution in [0.1, 0.15) is 20.3 Å². The molecule has 0 unspecified atom stereocenters. The summed E-state index contributed by atoms with van der Waals surface area (Å²) in [5.74, 6) is 0.134. The normalized spacial score (nSPS) is 19.3. The minimum Gasteiger partial charge on any atom is -0.336 e. The molecule has 1 rings (SSSR count). The summed E-state index contributed by atoms with van der Waals surface area (Å²) in [5.41, 5.74) is 0.758. The molecule has 2 nitrogen and oxygen atoms in total. The van der Waals surface area contributed by atoms with Crippen molar-refractivity contribution < 1.29 is 4.79 Å². The lowest BCUT2D eigenvalue weighted by Crippen LogP contribution is -2.31. The molecule has 56 valence electrons. The molecule has 0 aromatic heterocycles. The maximum Gasteiger partial charge on any atom is 0.249 e. The number of nitrogens with zero attached hydrogens (tertiary/aromatic N) is 1. The average molecular weight is 139 g/mol. The van der Waals surface area contributed by atoms with Crippen LogP contribution >= 0.6 is 0 Å². The van der Waals surface area contributed by atoms with Crippen LogP contribution in [0, 0.1) is 0 Å². The number of hydrogen-bond acceptors (Lipinski definition) is 1.